The Labute approximate surface area is 125 Å². The number of nitrogens with zero attached hydrogens (tertiary/aromatic N) is 1. The van der Waals surface area contributed by atoms with Crippen molar-refractivity contribution in [1.82, 2.24) is 4.90 Å². The normalized spacial score (nSPS) is 27.8. The van der Waals surface area contributed by atoms with Gasteiger partial charge >= 0.3 is 0 Å². The van der Waals surface area contributed by atoms with Crippen LogP contribution in [0.2, 0.25) is 5.02 Å². The highest BCUT2D eigenvalue weighted by atomic mass is 35.5. The van der Waals surface area contributed by atoms with Crippen LogP contribution < -0.4 is 5.73 Å². The van der Waals surface area contributed by atoms with Gasteiger partial charge in [-0.25, -0.2) is 0 Å². The fourth-order valence-electron chi connectivity index (χ4n) is 3.95. The van der Waals surface area contributed by atoms with Crippen molar-refractivity contribution in [3.8, 4) is 0 Å². The first-order valence-corrected chi connectivity index (χ1v) is 7.73. The second kappa shape index (κ2) is 5.28. The van der Waals surface area contributed by atoms with Gasteiger partial charge in [-0.15, -0.1) is 0 Å². The van der Waals surface area contributed by atoms with Crippen molar-refractivity contribution >= 4 is 23.2 Å². The highest BCUT2D eigenvalue weighted by molar-refractivity contribution is 6.33. The predicted octanol–water partition coefficient (Wildman–Crippen LogP) is 3.43. The van der Waals surface area contributed by atoms with Crippen molar-refractivity contribution in [2.24, 2.45) is 17.8 Å². The first-order chi connectivity index (χ1) is 9.54. The standard InChI is InChI=1S/C16H21ClN2O/c1-19(9-12-7-10-2-3-11(12)6-10)16(20)14-8-13(18)4-5-15(14)17/h4-5,8,10-12H,2-3,6-7,9,18H2,1H3. The fourth-order valence-corrected chi connectivity index (χ4v) is 4.15. The zero-order valence-electron chi connectivity index (χ0n) is 11.8. The second-order valence-electron chi connectivity index (χ2n) is 6.36. The molecular formula is C16H21ClN2O. The van der Waals surface area contributed by atoms with E-state index in [1.165, 1.54) is 25.7 Å². The quantitative estimate of drug-likeness (QED) is 0.868. The summed E-state index contributed by atoms with van der Waals surface area (Å²) in [6.45, 7) is 0.838. The molecule has 2 bridgehead atoms. The monoisotopic (exact) mass is 292 g/mol. The Bertz CT molecular complexity index is 531. The molecule has 2 fully saturated rings. The van der Waals surface area contributed by atoms with E-state index in [0.717, 1.165) is 18.4 Å². The van der Waals surface area contributed by atoms with E-state index in [1.807, 2.05) is 11.9 Å². The van der Waals surface area contributed by atoms with Crippen molar-refractivity contribution in [3.05, 3.63) is 28.8 Å². The van der Waals surface area contributed by atoms with Gasteiger partial charge in [0.1, 0.15) is 0 Å². The molecule has 1 amide bonds. The molecule has 20 heavy (non-hydrogen) atoms. The molecule has 0 spiro atoms. The van der Waals surface area contributed by atoms with Crippen molar-refractivity contribution in [2.75, 3.05) is 19.3 Å². The third kappa shape index (κ3) is 2.51. The molecule has 3 nitrogen and oxygen atoms in total. The molecule has 1 aromatic rings. The molecule has 0 aromatic heterocycles. The van der Waals surface area contributed by atoms with Gasteiger partial charge in [0.25, 0.3) is 5.91 Å². The second-order valence-corrected chi connectivity index (χ2v) is 6.77. The Balaban J connectivity index is 1.69. The number of carbonyl (C=O) groups is 1. The highest BCUT2D eigenvalue weighted by Crippen LogP contribution is 2.48. The fraction of sp³-hybridized carbons (Fsp3) is 0.562. The van der Waals surface area contributed by atoms with Crippen LogP contribution in [0.4, 0.5) is 5.69 Å². The third-order valence-corrected chi connectivity index (χ3v) is 5.29. The summed E-state index contributed by atoms with van der Waals surface area (Å²) < 4.78 is 0. The van der Waals surface area contributed by atoms with Crippen molar-refractivity contribution in [1.29, 1.82) is 0 Å². The van der Waals surface area contributed by atoms with Crippen LogP contribution in [0.5, 0.6) is 0 Å². The smallest absolute Gasteiger partial charge is 0.255 e. The number of hydrogen-bond donors (Lipinski definition) is 1. The third-order valence-electron chi connectivity index (χ3n) is 4.96. The summed E-state index contributed by atoms with van der Waals surface area (Å²) in [5.74, 6) is 2.38. The number of halogens is 1. The molecule has 1 aromatic carbocycles. The number of carbonyl (C=O) groups excluding carboxylic acids is 1. The zero-order valence-corrected chi connectivity index (χ0v) is 12.6. The Morgan fingerprint density at radius 2 is 2.20 bits per heavy atom. The zero-order chi connectivity index (χ0) is 14.3. The SMILES string of the molecule is CN(CC1CC2CCC1C2)C(=O)c1cc(N)ccc1Cl. The van der Waals surface area contributed by atoms with Gasteiger partial charge < -0.3 is 10.6 Å². The van der Waals surface area contributed by atoms with E-state index in [9.17, 15) is 4.79 Å². The molecule has 3 unspecified atom stereocenters. The van der Waals surface area contributed by atoms with Crippen molar-refractivity contribution in [2.45, 2.75) is 25.7 Å². The maximum Gasteiger partial charge on any atom is 0.255 e. The molecule has 2 N–H and O–H groups in total. The van der Waals surface area contributed by atoms with E-state index in [0.29, 0.717) is 22.2 Å². The minimum atomic E-state index is -0.0231. The predicted molar refractivity (Wildman–Crippen MR) is 81.8 cm³/mol. The number of fused-ring (bicyclic) bond motifs is 2. The van der Waals surface area contributed by atoms with Gasteiger partial charge in [-0.1, -0.05) is 18.0 Å². The number of benzene rings is 1. The van der Waals surface area contributed by atoms with Crippen molar-refractivity contribution in [3.63, 3.8) is 0 Å². The van der Waals surface area contributed by atoms with Crippen LogP contribution in [0.25, 0.3) is 0 Å². The van der Waals surface area contributed by atoms with Crippen LogP contribution in [-0.4, -0.2) is 24.4 Å². The van der Waals surface area contributed by atoms with Gasteiger partial charge in [-0.2, -0.15) is 0 Å². The average molecular weight is 293 g/mol. The molecule has 2 aliphatic rings. The Hall–Kier alpha value is -1.22. The topological polar surface area (TPSA) is 46.3 Å². The molecule has 0 radical (unpaired) electrons. The summed E-state index contributed by atoms with van der Waals surface area (Å²) >= 11 is 6.11. The van der Waals surface area contributed by atoms with Gasteiger partial charge in [-0.3, -0.25) is 4.79 Å². The number of nitrogens with two attached hydrogens (primary N) is 1. The number of anilines is 1. The molecule has 0 saturated heterocycles. The largest absolute Gasteiger partial charge is 0.399 e. The maximum absolute atomic E-state index is 12.5. The Morgan fingerprint density at radius 3 is 2.85 bits per heavy atom. The minimum Gasteiger partial charge on any atom is -0.399 e. The summed E-state index contributed by atoms with van der Waals surface area (Å²) in [6, 6.07) is 5.08. The van der Waals surface area contributed by atoms with E-state index in [1.54, 1.807) is 18.2 Å². The van der Waals surface area contributed by atoms with E-state index in [-0.39, 0.29) is 5.91 Å². The first-order valence-electron chi connectivity index (χ1n) is 7.35. The van der Waals surface area contributed by atoms with E-state index in [2.05, 4.69) is 0 Å². The van der Waals surface area contributed by atoms with Gasteiger partial charge in [0.2, 0.25) is 0 Å². The van der Waals surface area contributed by atoms with Gasteiger partial charge in [-0.05, 0) is 55.2 Å². The lowest BCUT2D eigenvalue weighted by molar-refractivity contribution is 0.0754. The van der Waals surface area contributed by atoms with E-state index in [4.69, 9.17) is 17.3 Å². The molecule has 4 heteroatoms. The molecule has 3 rings (SSSR count). The van der Waals surface area contributed by atoms with Crippen LogP contribution in [-0.2, 0) is 0 Å². The molecule has 0 heterocycles. The summed E-state index contributed by atoms with van der Waals surface area (Å²) in [5, 5.41) is 0.476. The van der Waals surface area contributed by atoms with Crippen LogP contribution in [0.1, 0.15) is 36.0 Å². The Kier molecular flexibility index (Phi) is 3.63. The molecule has 2 aliphatic carbocycles. The van der Waals surface area contributed by atoms with E-state index >= 15 is 0 Å². The molecule has 3 atom stereocenters. The van der Waals surface area contributed by atoms with Crippen molar-refractivity contribution < 1.29 is 4.79 Å². The number of nitrogen functional groups attached to an aromatic ring is 1. The molecule has 2 saturated carbocycles. The first kappa shape index (κ1) is 13.7. The maximum atomic E-state index is 12.5. The summed E-state index contributed by atoms with van der Waals surface area (Å²) in [5.41, 5.74) is 6.84. The Morgan fingerprint density at radius 1 is 1.40 bits per heavy atom. The number of amides is 1. The van der Waals surface area contributed by atoms with Crippen LogP contribution in [0, 0.1) is 17.8 Å². The lowest BCUT2D eigenvalue weighted by Crippen LogP contribution is -2.34. The van der Waals surface area contributed by atoms with Gasteiger partial charge in [0, 0.05) is 19.3 Å². The highest BCUT2D eigenvalue weighted by Gasteiger charge is 2.40. The van der Waals surface area contributed by atoms with Gasteiger partial charge in [0.05, 0.1) is 10.6 Å². The van der Waals surface area contributed by atoms with Crippen LogP contribution in [0.15, 0.2) is 18.2 Å². The lowest BCUT2D eigenvalue weighted by atomic mass is 9.88. The van der Waals surface area contributed by atoms with Crippen LogP contribution in [0.3, 0.4) is 0 Å². The lowest BCUT2D eigenvalue weighted by Gasteiger charge is -2.27. The minimum absolute atomic E-state index is 0.0231. The average Bonchev–Trinajstić information content (AvgIpc) is 3.03. The molecular weight excluding hydrogens is 272 g/mol. The van der Waals surface area contributed by atoms with Crippen LogP contribution >= 0.6 is 11.6 Å². The number of hydrogen-bond acceptors (Lipinski definition) is 2. The number of rotatable bonds is 3. The summed E-state index contributed by atoms with van der Waals surface area (Å²) in [7, 11) is 1.87. The van der Waals surface area contributed by atoms with Gasteiger partial charge in [0.15, 0.2) is 0 Å². The van der Waals surface area contributed by atoms with E-state index < -0.39 is 0 Å². The molecule has 0 aliphatic heterocycles. The summed E-state index contributed by atoms with van der Waals surface area (Å²) in [4.78, 5) is 14.3. The molecule has 108 valence electrons. The summed E-state index contributed by atoms with van der Waals surface area (Å²) in [6.07, 6.45) is 5.38.